The number of nitrogens with zero attached hydrogens (tertiary/aromatic N) is 1. The van der Waals surface area contributed by atoms with Crippen LogP contribution in [0.2, 0.25) is 0 Å². The first-order valence-electron chi connectivity index (χ1n) is 4.81. The summed E-state index contributed by atoms with van der Waals surface area (Å²) in [5.74, 6) is 1.14. The Bertz CT molecular complexity index is 279. The lowest BCUT2D eigenvalue weighted by Gasteiger charge is -2.18. The maximum Gasteiger partial charge on any atom is 0.183 e. The van der Waals surface area contributed by atoms with E-state index in [0.717, 1.165) is 10.8 Å². The molecule has 80 valence electrons. The first kappa shape index (κ1) is 11.8. The molecule has 0 radical (unpaired) electrons. The number of hydrogen-bond acceptors (Lipinski definition) is 3. The Hall–Kier alpha value is -0.280. The Kier molecular flexibility index (Phi) is 4.20. The lowest BCUT2D eigenvalue weighted by atomic mass is 10.1. The second-order valence-corrected chi connectivity index (χ2v) is 5.24. The van der Waals surface area contributed by atoms with Gasteiger partial charge in [-0.2, -0.15) is 0 Å². The summed E-state index contributed by atoms with van der Waals surface area (Å²) in [5.41, 5.74) is 1.11. The molecule has 0 spiro atoms. The highest BCUT2D eigenvalue weighted by molar-refractivity contribution is 7.15. The third-order valence-electron chi connectivity index (χ3n) is 2.48. The van der Waals surface area contributed by atoms with Gasteiger partial charge in [0.05, 0.1) is 5.69 Å². The average molecular weight is 233 g/mol. The normalized spacial score (nSPS) is 15.2. The number of nitrogens with one attached hydrogen (secondary N) is 1. The van der Waals surface area contributed by atoms with Gasteiger partial charge in [0.15, 0.2) is 5.13 Å². The third-order valence-corrected chi connectivity index (χ3v) is 3.97. The van der Waals surface area contributed by atoms with Crippen molar-refractivity contribution >= 4 is 28.1 Å². The van der Waals surface area contributed by atoms with Gasteiger partial charge in [0, 0.05) is 16.8 Å². The Labute approximate surface area is 94.7 Å². The fourth-order valence-electron chi connectivity index (χ4n) is 1.01. The predicted octanol–water partition coefficient (Wildman–Crippen LogP) is 3.44. The topological polar surface area (TPSA) is 24.9 Å². The van der Waals surface area contributed by atoms with E-state index in [9.17, 15) is 0 Å². The Morgan fingerprint density at radius 1 is 1.43 bits per heavy atom. The number of aryl methyl sites for hydroxylation is 2. The molecule has 0 aliphatic heterocycles. The zero-order valence-electron chi connectivity index (χ0n) is 9.10. The van der Waals surface area contributed by atoms with Crippen LogP contribution >= 0.6 is 22.9 Å². The van der Waals surface area contributed by atoms with Gasteiger partial charge >= 0.3 is 0 Å². The Morgan fingerprint density at radius 3 is 2.50 bits per heavy atom. The van der Waals surface area contributed by atoms with Crippen LogP contribution in [0.3, 0.4) is 0 Å². The molecule has 0 saturated carbocycles. The Balaban J connectivity index is 2.60. The second-order valence-electron chi connectivity index (χ2n) is 3.73. The summed E-state index contributed by atoms with van der Waals surface area (Å²) in [6.45, 7) is 8.40. The third kappa shape index (κ3) is 2.85. The van der Waals surface area contributed by atoms with Crippen LogP contribution < -0.4 is 5.32 Å². The van der Waals surface area contributed by atoms with E-state index in [-0.39, 0.29) is 0 Å². The smallest absolute Gasteiger partial charge is 0.183 e. The van der Waals surface area contributed by atoms with Gasteiger partial charge in [-0.1, -0.05) is 6.92 Å². The standard InChI is InChI=1S/C10H17ClN2S/c1-6(5-11)7(2)12-10-13-8(3)9(4)14-10/h6-7H,5H2,1-4H3,(H,12,13). The zero-order valence-corrected chi connectivity index (χ0v) is 10.7. The van der Waals surface area contributed by atoms with Crippen molar-refractivity contribution in [3.8, 4) is 0 Å². The molecule has 0 bridgehead atoms. The van der Waals surface area contributed by atoms with Crippen molar-refractivity contribution in [2.24, 2.45) is 5.92 Å². The van der Waals surface area contributed by atoms with Crippen LogP contribution in [0.15, 0.2) is 0 Å². The van der Waals surface area contributed by atoms with E-state index >= 15 is 0 Å². The number of halogens is 1. The minimum atomic E-state index is 0.373. The molecule has 0 aromatic carbocycles. The van der Waals surface area contributed by atoms with Crippen molar-refractivity contribution in [1.29, 1.82) is 0 Å². The van der Waals surface area contributed by atoms with Crippen LogP contribution in [0.25, 0.3) is 0 Å². The van der Waals surface area contributed by atoms with Crippen molar-refractivity contribution in [3.63, 3.8) is 0 Å². The average Bonchev–Trinajstić information content (AvgIpc) is 2.44. The lowest BCUT2D eigenvalue weighted by molar-refractivity contribution is 0.565. The highest BCUT2D eigenvalue weighted by atomic mass is 35.5. The number of rotatable bonds is 4. The number of thiazole rings is 1. The van der Waals surface area contributed by atoms with Crippen molar-refractivity contribution in [2.75, 3.05) is 11.2 Å². The van der Waals surface area contributed by atoms with E-state index in [1.807, 2.05) is 6.92 Å². The molecule has 1 N–H and O–H groups in total. The molecule has 1 heterocycles. The Morgan fingerprint density at radius 2 is 2.07 bits per heavy atom. The molecule has 1 aromatic rings. The summed E-state index contributed by atoms with van der Waals surface area (Å²) in [6, 6.07) is 0.373. The van der Waals surface area contributed by atoms with Crippen molar-refractivity contribution in [1.82, 2.24) is 4.98 Å². The van der Waals surface area contributed by atoms with Crippen LogP contribution in [-0.2, 0) is 0 Å². The van der Waals surface area contributed by atoms with E-state index in [2.05, 4.69) is 31.1 Å². The molecule has 0 saturated heterocycles. The van der Waals surface area contributed by atoms with Gasteiger partial charge in [0.1, 0.15) is 0 Å². The second kappa shape index (κ2) is 4.99. The lowest BCUT2D eigenvalue weighted by Crippen LogP contribution is -2.24. The molecule has 0 amide bonds. The van der Waals surface area contributed by atoms with Crippen LogP contribution in [0, 0.1) is 19.8 Å². The summed E-state index contributed by atoms with van der Waals surface area (Å²) in [6.07, 6.45) is 0. The van der Waals surface area contributed by atoms with Gasteiger partial charge in [-0.15, -0.1) is 22.9 Å². The van der Waals surface area contributed by atoms with Gasteiger partial charge < -0.3 is 5.32 Å². The zero-order chi connectivity index (χ0) is 10.7. The highest BCUT2D eigenvalue weighted by Gasteiger charge is 2.12. The van der Waals surface area contributed by atoms with Crippen molar-refractivity contribution in [3.05, 3.63) is 10.6 Å². The molecule has 2 atom stereocenters. The molecule has 1 aromatic heterocycles. The number of aromatic nitrogens is 1. The van der Waals surface area contributed by atoms with Crippen molar-refractivity contribution < 1.29 is 0 Å². The highest BCUT2D eigenvalue weighted by Crippen LogP contribution is 2.23. The van der Waals surface area contributed by atoms with Gasteiger partial charge in [0.2, 0.25) is 0 Å². The van der Waals surface area contributed by atoms with Crippen LogP contribution in [0.5, 0.6) is 0 Å². The van der Waals surface area contributed by atoms with E-state index in [1.165, 1.54) is 4.88 Å². The van der Waals surface area contributed by atoms with E-state index < -0.39 is 0 Å². The van der Waals surface area contributed by atoms with Gasteiger partial charge in [0.25, 0.3) is 0 Å². The molecule has 1 rings (SSSR count). The molecule has 14 heavy (non-hydrogen) atoms. The minimum Gasteiger partial charge on any atom is -0.359 e. The summed E-state index contributed by atoms with van der Waals surface area (Å²) >= 11 is 7.50. The van der Waals surface area contributed by atoms with E-state index in [0.29, 0.717) is 17.8 Å². The molecule has 4 heteroatoms. The SMILES string of the molecule is Cc1nc(NC(C)C(C)CCl)sc1C. The largest absolute Gasteiger partial charge is 0.359 e. The first-order valence-corrected chi connectivity index (χ1v) is 6.16. The van der Waals surface area contributed by atoms with E-state index in [1.54, 1.807) is 11.3 Å². The molecular weight excluding hydrogens is 216 g/mol. The number of alkyl halides is 1. The maximum atomic E-state index is 5.79. The number of anilines is 1. The summed E-state index contributed by atoms with van der Waals surface area (Å²) < 4.78 is 0. The van der Waals surface area contributed by atoms with Gasteiger partial charge in [-0.05, 0) is 26.7 Å². The summed E-state index contributed by atoms with van der Waals surface area (Å²) in [4.78, 5) is 5.71. The van der Waals surface area contributed by atoms with E-state index in [4.69, 9.17) is 11.6 Å². The quantitative estimate of drug-likeness (QED) is 0.805. The maximum absolute atomic E-state index is 5.79. The monoisotopic (exact) mass is 232 g/mol. The molecular formula is C10H17ClN2S. The molecule has 2 nitrogen and oxygen atoms in total. The van der Waals surface area contributed by atoms with Crippen LogP contribution in [0.4, 0.5) is 5.13 Å². The van der Waals surface area contributed by atoms with Crippen molar-refractivity contribution in [2.45, 2.75) is 33.7 Å². The molecule has 2 unspecified atom stereocenters. The fraction of sp³-hybridized carbons (Fsp3) is 0.700. The molecule has 0 aliphatic rings. The van der Waals surface area contributed by atoms with Gasteiger partial charge in [-0.25, -0.2) is 4.98 Å². The molecule has 0 aliphatic carbocycles. The summed E-state index contributed by atoms with van der Waals surface area (Å²) in [5, 5.41) is 4.38. The van der Waals surface area contributed by atoms with Gasteiger partial charge in [-0.3, -0.25) is 0 Å². The molecule has 0 fully saturated rings. The fourth-order valence-corrected chi connectivity index (χ4v) is 2.18. The van der Waals surface area contributed by atoms with Crippen LogP contribution in [-0.4, -0.2) is 16.9 Å². The first-order chi connectivity index (χ1) is 6.54. The number of hydrogen-bond donors (Lipinski definition) is 1. The predicted molar refractivity (Wildman–Crippen MR) is 64.6 cm³/mol. The van der Waals surface area contributed by atoms with Crippen LogP contribution in [0.1, 0.15) is 24.4 Å². The minimum absolute atomic E-state index is 0.373. The summed E-state index contributed by atoms with van der Waals surface area (Å²) in [7, 11) is 0.